The lowest BCUT2D eigenvalue weighted by Gasteiger charge is -2.49. The van der Waals surface area contributed by atoms with Gasteiger partial charge in [-0.3, -0.25) is 19.3 Å². The van der Waals surface area contributed by atoms with Crippen LogP contribution in [0.5, 0.6) is 0 Å². The van der Waals surface area contributed by atoms with E-state index >= 15 is 0 Å². The Morgan fingerprint density at radius 3 is 2.24 bits per heavy atom. The minimum Gasteiger partial charge on any atom is -0.477 e. The molecule has 16 heteroatoms. The number of nitrogens with two attached hydrogens (primary N) is 1. The van der Waals surface area contributed by atoms with Gasteiger partial charge in [-0.05, 0) is 31.7 Å². The Morgan fingerprint density at radius 1 is 1.00 bits per heavy atom. The van der Waals surface area contributed by atoms with Gasteiger partial charge < -0.3 is 25.7 Å². The van der Waals surface area contributed by atoms with Crippen molar-refractivity contribution in [2.75, 3.05) is 24.7 Å². The van der Waals surface area contributed by atoms with Crippen molar-refractivity contribution >= 4 is 57.9 Å². The number of hydrogen-bond acceptors (Lipinski definition) is 12. The number of amides is 2. The van der Waals surface area contributed by atoms with E-state index in [1.54, 1.807) is 6.92 Å². The number of nitrogen functional groups attached to an aromatic ring is 1. The van der Waals surface area contributed by atoms with Gasteiger partial charge in [0, 0.05) is 41.4 Å². The third-order valence-electron chi connectivity index (χ3n) is 9.38. The van der Waals surface area contributed by atoms with Crippen molar-refractivity contribution in [3.05, 3.63) is 47.2 Å². The van der Waals surface area contributed by atoms with Crippen molar-refractivity contribution in [1.82, 2.24) is 19.6 Å². The third-order valence-corrected chi connectivity index (χ3v) is 11.3. The number of carbonyl (C=O) groups excluding carboxylic acids is 3. The number of hydrogen-bond donors (Lipinski definition) is 3. The summed E-state index contributed by atoms with van der Waals surface area (Å²) < 4.78 is 11.3. The van der Waals surface area contributed by atoms with E-state index in [4.69, 9.17) is 15.3 Å². The quantitative estimate of drug-likeness (QED) is 0.0271. The van der Waals surface area contributed by atoms with Gasteiger partial charge >= 0.3 is 11.9 Å². The monoisotopic (exact) mass is 786 g/mol. The van der Waals surface area contributed by atoms with E-state index in [9.17, 15) is 24.3 Å². The van der Waals surface area contributed by atoms with Gasteiger partial charge in [0.15, 0.2) is 24.1 Å². The molecule has 4 N–H and O–H groups in total. The number of aliphatic carboxylic acids is 1. The second kappa shape index (κ2) is 23.0. The van der Waals surface area contributed by atoms with Crippen LogP contribution in [0.15, 0.2) is 41.0 Å². The highest BCUT2D eigenvalue weighted by Crippen LogP contribution is 2.40. The van der Waals surface area contributed by atoms with Gasteiger partial charge in [-0.15, -0.1) is 11.8 Å². The SMILES string of the molecule is CCCCCCCCCCCCCCCC(=O)OCCCc1cc[n+](CC2=C(C(=O)O)N3C(=O)C(NC(=O)C(=NOCC)c4nsc(N)n4)[C@H]3SC2)cc1. The number of aromatic nitrogens is 3. The number of pyridine rings is 1. The van der Waals surface area contributed by atoms with Crippen LogP contribution in [-0.4, -0.2) is 79.2 Å². The number of thioether (sulfide) groups is 1. The van der Waals surface area contributed by atoms with E-state index in [1.165, 1.54) is 87.3 Å². The first-order chi connectivity index (χ1) is 26.2. The maximum Gasteiger partial charge on any atom is 0.352 e. The van der Waals surface area contributed by atoms with E-state index in [0.29, 0.717) is 30.8 Å². The van der Waals surface area contributed by atoms with Gasteiger partial charge in [-0.25, -0.2) is 9.36 Å². The molecule has 1 fully saturated rings. The van der Waals surface area contributed by atoms with E-state index in [-0.39, 0.29) is 41.5 Å². The van der Waals surface area contributed by atoms with Gasteiger partial charge in [0.25, 0.3) is 11.8 Å². The van der Waals surface area contributed by atoms with Crippen molar-refractivity contribution in [3.63, 3.8) is 0 Å². The molecule has 1 unspecified atom stereocenters. The van der Waals surface area contributed by atoms with Gasteiger partial charge in [-0.2, -0.15) is 9.36 Å². The fraction of sp³-hybridized carbons (Fsp3) is 0.632. The van der Waals surface area contributed by atoms with Crippen LogP contribution in [0, 0.1) is 0 Å². The van der Waals surface area contributed by atoms with Crippen LogP contribution < -0.4 is 15.6 Å². The molecular formula is C38H56N7O7S2+. The summed E-state index contributed by atoms with van der Waals surface area (Å²) in [4.78, 5) is 61.2. The van der Waals surface area contributed by atoms with Crippen molar-refractivity contribution in [2.24, 2.45) is 5.16 Å². The lowest BCUT2D eigenvalue weighted by molar-refractivity contribution is -0.689. The zero-order chi connectivity index (χ0) is 38.7. The number of nitrogens with one attached hydrogen (secondary N) is 1. The molecule has 4 rings (SSSR count). The number of ether oxygens (including phenoxy) is 1. The molecule has 54 heavy (non-hydrogen) atoms. The smallest absolute Gasteiger partial charge is 0.352 e. The Hall–Kier alpha value is -4.05. The number of fused-ring (bicyclic) bond motifs is 1. The summed E-state index contributed by atoms with van der Waals surface area (Å²) in [5.74, 6) is -2.29. The highest BCUT2D eigenvalue weighted by molar-refractivity contribution is 8.00. The van der Waals surface area contributed by atoms with Crippen molar-refractivity contribution in [2.45, 2.75) is 135 Å². The Labute approximate surface area is 326 Å². The van der Waals surface area contributed by atoms with Crippen molar-refractivity contribution < 1.29 is 38.4 Å². The first-order valence-electron chi connectivity index (χ1n) is 19.4. The number of oxime groups is 1. The fourth-order valence-corrected chi connectivity index (χ4v) is 8.23. The second-order valence-corrected chi connectivity index (χ2v) is 15.5. The Bertz CT molecular complexity index is 1600. The number of carbonyl (C=O) groups is 4. The molecule has 0 bridgehead atoms. The number of esters is 1. The largest absolute Gasteiger partial charge is 0.477 e. The van der Waals surface area contributed by atoms with E-state index < -0.39 is 29.2 Å². The first-order valence-corrected chi connectivity index (χ1v) is 21.2. The average Bonchev–Trinajstić information content (AvgIpc) is 3.60. The van der Waals surface area contributed by atoms with E-state index in [0.717, 1.165) is 36.4 Å². The van der Waals surface area contributed by atoms with Gasteiger partial charge in [0.1, 0.15) is 23.7 Å². The van der Waals surface area contributed by atoms with Gasteiger partial charge in [0.05, 0.1) is 6.61 Å². The topological polar surface area (TPSA) is 190 Å². The summed E-state index contributed by atoms with van der Waals surface area (Å²) in [7, 11) is 0. The summed E-state index contributed by atoms with van der Waals surface area (Å²) in [5, 5.41) is 16.1. The molecule has 4 heterocycles. The van der Waals surface area contributed by atoms with Crippen LogP contribution in [-0.2, 0) is 41.7 Å². The summed E-state index contributed by atoms with van der Waals surface area (Å²) >= 11 is 2.26. The van der Waals surface area contributed by atoms with Crippen LogP contribution >= 0.6 is 23.3 Å². The zero-order valence-electron chi connectivity index (χ0n) is 31.6. The number of carboxylic acid groups (broad SMARTS) is 1. The predicted octanol–water partition coefficient (Wildman–Crippen LogP) is 5.54. The molecule has 14 nitrogen and oxygen atoms in total. The summed E-state index contributed by atoms with van der Waals surface area (Å²) in [6, 6.07) is 2.95. The molecule has 0 saturated carbocycles. The first kappa shape index (κ1) is 42.7. The zero-order valence-corrected chi connectivity index (χ0v) is 33.3. The maximum atomic E-state index is 13.2. The lowest BCUT2D eigenvalue weighted by Crippen LogP contribution is -2.71. The molecule has 2 amide bonds. The van der Waals surface area contributed by atoms with Gasteiger partial charge in [-0.1, -0.05) is 89.1 Å². The molecule has 2 aliphatic heterocycles. The fourth-order valence-electron chi connectivity index (χ4n) is 6.46. The number of unbranched alkanes of at least 4 members (excludes halogenated alkanes) is 12. The maximum absolute atomic E-state index is 13.2. The number of β-lactam (4-membered cyclic amide) rings is 1. The van der Waals surface area contributed by atoms with E-state index in [2.05, 4.69) is 26.8 Å². The molecule has 0 spiro atoms. The summed E-state index contributed by atoms with van der Waals surface area (Å²) in [6.07, 6.45) is 22.2. The number of aryl methyl sites for hydroxylation is 1. The minimum absolute atomic E-state index is 0.0290. The summed E-state index contributed by atoms with van der Waals surface area (Å²) in [5.41, 5.74) is 7.01. The van der Waals surface area contributed by atoms with Gasteiger partial charge in [0.2, 0.25) is 11.5 Å². The standard InChI is InChI=1S/C38H55N7O7S2/c1-3-5-6-7-8-9-10-11-12-13-14-15-16-19-29(46)51-24-17-18-27-20-22-44(23-21-27)25-28-26-53-36-31(35(48)45(36)32(28)37(49)50)40-34(47)30(42-52-4-2)33-41-38(39)54-43-33/h20-23,31,36H,3-19,24-26H2,1-2H3,(H3-,39,40,41,43,47,49,50)/p+1/t31?,36-/m1/s1. The number of rotatable bonds is 26. The van der Waals surface area contributed by atoms with Crippen LogP contribution in [0.4, 0.5) is 5.13 Å². The molecule has 2 aliphatic rings. The highest BCUT2D eigenvalue weighted by Gasteiger charge is 2.55. The van der Waals surface area contributed by atoms with Crippen LogP contribution in [0.3, 0.4) is 0 Å². The average molecular weight is 787 g/mol. The Balaban J connectivity index is 1.14. The molecule has 2 atom stereocenters. The Morgan fingerprint density at radius 2 is 1.65 bits per heavy atom. The highest BCUT2D eigenvalue weighted by atomic mass is 32.2. The molecule has 296 valence electrons. The van der Waals surface area contributed by atoms with Crippen LogP contribution in [0.25, 0.3) is 0 Å². The van der Waals surface area contributed by atoms with Crippen LogP contribution in [0.1, 0.15) is 122 Å². The van der Waals surface area contributed by atoms with Crippen molar-refractivity contribution in [3.8, 4) is 0 Å². The molecular weight excluding hydrogens is 731 g/mol. The van der Waals surface area contributed by atoms with Crippen LogP contribution in [0.2, 0.25) is 0 Å². The third kappa shape index (κ3) is 13.1. The number of nitrogens with zero attached hydrogens (tertiary/aromatic N) is 5. The number of anilines is 1. The molecule has 2 aromatic rings. The molecule has 0 aromatic carbocycles. The lowest BCUT2D eigenvalue weighted by atomic mass is 10.0. The molecule has 0 aliphatic carbocycles. The minimum atomic E-state index is -1.21. The number of carboxylic acids is 1. The molecule has 2 aromatic heterocycles. The molecule has 0 radical (unpaired) electrons. The second-order valence-electron chi connectivity index (χ2n) is 13.6. The van der Waals surface area contributed by atoms with E-state index in [1.807, 2.05) is 29.1 Å². The predicted molar refractivity (Wildman–Crippen MR) is 208 cm³/mol. The Kier molecular flexibility index (Phi) is 18.2. The summed E-state index contributed by atoms with van der Waals surface area (Å²) in [6.45, 7) is 4.80. The normalized spacial score (nSPS) is 16.9. The molecule has 1 saturated heterocycles. The van der Waals surface area contributed by atoms with Crippen molar-refractivity contribution in [1.29, 1.82) is 0 Å².